The molecule has 0 bridgehead atoms. The van der Waals surface area contributed by atoms with Crippen molar-refractivity contribution in [2.75, 3.05) is 25.5 Å². The number of hydrogen-bond donors (Lipinski definition) is 3. The number of amides is 1. The first-order valence-electron chi connectivity index (χ1n) is 7.43. The number of halogens is 2. The highest BCUT2D eigenvalue weighted by Crippen LogP contribution is 2.22. The molecule has 0 aliphatic rings. The van der Waals surface area contributed by atoms with Crippen molar-refractivity contribution in [3.8, 4) is 0 Å². The largest absolute Gasteiger partial charge is 0.356 e. The second kappa shape index (κ2) is 11.5. The van der Waals surface area contributed by atoms with Crippen LogP contribution in [0.1, 0.15) is 25.8 Å². The van der Waals surface area contributed by atoms with Gasteiger partial charge >= 0.3 is 0 Å². The smallest absolute Gasteiger partial charge is 0.226 e. The molecule has 0 heterocycles. The number of benzene rings is 1. The van der Waals surface area contributed by atoms with Crippen LogP contribution in [0.2, 0.25) is 5.02 Å². The van der Waals surface area contributed by atoms with Gasteiger partial charge in [-0.05, 0) is 30.5 Å². The third kappa shape index (κ3) is 9.00. The Morgan fingerprint density at radius 2 is 2.00 bits per heavy atom. The van der Waals surface area contributed by atoms with Crippen molar-refractivity contribution >= 4 is 53.1 Å². The van der Waals surface area contributed by atoms with Gasteiger partial charge in [-0.2, -0.15) is 0 Å². The molecule has 0 radical (unpaired) electrons. The zero-order valence-corrected chi connectivity index (χ0v) is 17.2. The highest BCUT2D eigenvalue weighted by atomic mass is 127. The molecule has 130 valence electrons. The van der Waals surface area contributed by atoms with E-state index in [4.69, 9.17) is 11.6 Å². The highest BCUT2D eigenvalue weighted by molar-refractivity contribution is 14.0. The number of hydrogen-bond acceptors (Lipinski definition) is 2. The van der Waals surface area contributed by atoms with Gasteiger partial charge in [0.15, 0.2) is 5.96 Å². The lowest BCUT2D eigenvalue weighted by Crippen LogP contribution is -2.40. The van der Waals surface area contributed by atoms with E-state index in [1.807, 2.05) is 25.1 Å². The van der Waals surface area contributed by atoms with Crippen LogP contribution in [0.4, 0.5) is 5.69 Å². The van der Waals surface area contributed by atoms with Gasteiger partial charge in [-0.15, -0.1) is 24.0 Å². The monoisotopic (exact) mass is 452 g/mol. The van der Waals surface area contributed by atoms with Gasteiger partial charge in [-0.25, -0.2) is 0 Å². The van der Waals surface area contributed by atoms with E-state index >= 15 is 0 Å². The molecule has 1 aromatic rings. The Bertz CT molecular complexity index is 535. The van der Waals surface area contributed by atoms with E-state index in [2.05, 4.69) is 34.8 Å². The first kappa shape index (κ1) is 22.0. The van der Waals surface area contributed by atoms with Gasteiger partial charge in [0, 0.05) is 26.6 Å². The molecule has 5 nitrogen and oxygen atoms in total. The van der Waals surface area contributed by atoms with Gasteiger partial charge in [0.25, 0.3) is 0 Å². The summed E-state index contributed by atoms with van der Waals surface area (Å²) in [5.74, 6) is 1.15. The first-order valence-corrected chi connectivity index (χ1v) is 7.80. The average Bonchev–Trinajstić information content (AvgIpc) is 2.45. The number of carbonyl (C=O) groups is 1. The first-order chi connectivity index (χ1) is 10.4. The predicted octanol–water partition coefficient (Wildman–Crippen LogP) is 3.42. The Hall–Kier alpha value is -1.02. The third-order valence-electron chi connectivity index (χ3n) is 2.94. The van der Waals surface area contributed by atoms with E-state index in [1.165, 1.54) is 0 Å². The minimum atomic E-state index is -0.0856. The summed E-state index contributed by atoms with van der Waals surface area (Å²) in [6.45, 7) is 7.55. The molecule has 0 aliphatic carbocycles. The van der Waals surface area contributed by atoms with Crippen LogP contribution in [0.3, 0.4) is 0 Å². The summed E-state index contributed by atoms with van der Waals surface area (Å²) >= 11 is 6.09. The van der Waals surface area contributed by atoms with E-state index < -0.39 is 0 Å². The topological polar surface area (TPSA) is 65.5 Å². The van der Waals surface area contributed by atoms with Crippen LogP contribution in [-0.4, -0.2) is 32.0 Å². The molecule has 0 atom stereocenters. The molecule has 0 spiro atoms. The Kier molecular flexibility index (Phi) is 11.0. The molecule has 0 unspecified atom stereocenters. The van der Waals surface area contributed by atoms with Crippen LogP contribution in [-0.2, 0) is 4.79 Å². The molecule has 3 N–H and O–H groups in total. The van der Waals surface area contributed by atoms with Crippen molar-refractivity contribution in [2.24, 2.45) is 10.9 Å². The molecule has 0 saturated heterocycles. The van der Waals surface area contributed by atoms with Crippen molar-refractivity contribution in [2.45, 2.75) is 27.2 Å². The second-order valence-corrected chi connectivity index (χ2v) is 5.96. The normalized spacial score (nSPS) is 11.0. The maximum Gasteiger partial charge on any atom is 0.226 e. The average molecular weight is 453 g/mol. The SMILES string of the molecule is CN=C(NCCC(=O)Nc1ccc(C)cc1Cl)NCC(C)C.I. The van der Waals surface area contributed by atoms with Crippen LogP contribution in [0.15, 0.2) is 23.2 Å². The Labute approximate surface area is 160 Å². The predicted molar refractivity (Wildman–Crippen MR) is 109 cm³/mol. The molecule has 7 heteroatoms. The number of guanidine groups is 1. The molecular formula is C16H26ClIN4O. The van der Waals surface area contributed by atoms with Gasteiger partial charge < -0.3 is 16.0 Å². The second-order valence-electron chi connectivity index (χ2n) is 5.56. The quantitative estimate of drug-likeness (QED) is 0.352. The zero-order valence-electron chi connectivity index (χ0n) is 14.1. The fraction of sp³-hybridized carbons (Fsp3) is 0.500. The lowest BCUT2D eigenvalue weighted by molar-refractivity contribution is -0.116. The van der Waals surface area contributed by atoms with Crippen LogP contribution in [0, 0.1) is 12.8 Å². The van der Waals surface area contributed by atoms with Crippen molar-refractivity contribution < 1.29 is 4.79 Å². The van der Waals surface area contributed by atoms with Crippen LogP contribution in [0.5, 0.6) is 0 Å². The number of nitrogens with one attached hydrogen (secondary N) is 3. The Balaban J connectivity index is 0.00000484. The summed E-state index contributed by atoms with van der Waals surface area (Å²) in [5, 5.41) is 9.66. The Morgan fingerprint density at radius 3 is 2.57 bits per heavy atom. The lowest BCUT2D eigenvalue weighted by atomic mass is 10.2. The molecule has 23 heavy (non-hydrogen) atoms. The third-order valence-corrected chi connectivity index (χ3v) is 3.26. The van der Waals surface area contributed by atoms with Crippen molar-refractivity contribution in [1.29, 1.82) is 0 Å². The fourth-order valence-corrected chi connectivity index (χ4v) is 2.03. The van der Waals surface area contributed by atoms with Crippen LogP contribution in [0.25, 0.3) is 0 Å². The van der Waals surface area contributed by atoms with E-state index in [-0.39, 0.29) is 29.9 Å². The minimum absolute atomic E-state index is 0. The van der Waals surface area contributed by atoms with Crippen LogP contribution >= 0.6 is 35.6 Å². The molecular weight excluding hydrogens is 427 g/mol. The highest BCUT2D eigenvalue weighted by Gasteiger charge is 2.06. The standard InChI is InChI=1S/C16H25ClN4O.HI/c1-11(2)10-20-16(18-4)19-8-7-15(22)21-14-6-5-12(3)9-13(14)17;/h5-6,9,11H,7-8,10H2,1-4H3,(H,21,22)(H2,18,19,20);1H. The number of aliphatic imine (C=N–C) groups is 1. The summed E-state index contributed by atoms with van der Waals surface area (Å²) < 4.78 is 0. The number of nitrogens with zero attached hydrogens (tertiary/aromatic N) is 1. The maximum absolute atomic E-state index is 11.9. The Morgan fingerprint density at radius 1 is 1.30 bits per heavy atom. The van der Waals surface area contributed by atoms with Gasteiger partial charge in [0.1, 0.15) is 0 Å². The fourth-order valence-electron chi connectivity index (χ4n) is 1.75. The summed E-state index contributed by atoms with van der Waals surface area (Å²) in [5.41, 5.74) is 1.70. The lowest BCUT2D eigenvalue weighted by Gasteiger charge is -2.13. The molecule has 1 amide bonds. The maximum atomic E-state index is 11.9. The van der Waals surface area contributed by atoms with Crippen molar-refractivity contribution in [1.82, 2.24) is 10.6 Å². The number of aryl methyl sites for hydroxylation is 1. The molecule has 0 aromatic heterocycles. The number of anilines is 1. The number of carbonyl (C=O) groups excluding carboxylic acids is 1. The van der Waals surface area contributed by atoms with Gasteiger partial charge in [0.05, 0.1) is 10.7 Å². The number of rotatable bonds is 6. The molecule has 0 aliphatic heterocycles. The van der Waals surface area contributed by atoms with E-state index in [0.717, 1.165) is 12.1 Å². The molecule has 0 fully saturated rings. The van der Waals surface area contributed by atoms with E-state index in [0.29, 0.717) is 35.6 Å². The summed E-state index contributed by atoms with van der Waals surface area (Å²) in [4.78, 5) is 16.0. The van der Waals surface area contributed by atoms with Gasteiger partial charge in [-0.3, -0.25) is 9.79 Å². The van der Waals surface area contributed by atoms with E-state index in [9.17, 15) is 4.79 Å². The summed E-state index contributed by atoms with van der Waals surface area (Å²) in [7, 11) is 1.71. The van der Waals surface area contributed by atoms with Crippen molar-refractivity contribution in [3.05, 3.63) is 28.8 Å². The van der Waals surface area contributed by atoms with Crippen LogP contribution < -0.4 is 16.0 Å². The minimum Gasteiger partial charge on any atom is -0.356 e. The van der Waals surface area contributed by atoms with E-state index in [1.54, 1.807) is 7.05 Å². The molecule has 1 rings (SSSR count). The summed E-state index contributed by atoms with van der Waals surface area (Å²) in [6.07, 6.45) is 0.340. The summed E-state index contributed by atoms with van der Waals surface area (Å²) in [6, 6.07) is 5.55. The van der Waals surface area contributed by atoms with Crippen molar-refractivity contribution in [3.63, 3.8) is 0 Å². The van der Waals surface area contributed by atoms with Gasteiger partial charge in [0.2, 0.25) is 5.91 Å². The zero-order chi connectivity index (χ0) is 16.5. The molecule has 1 aromatic carbocycles. The molecule has 0 saturated carbocycles. The van der Waals surface area contributed by atoms with Gasteiger partial charge in [-0.1, -0.05) is 31.5 Å².